The van der Waals surface area contributed by atoms with Crippen LogP contribution in [0.3, 0.4) is 0 Å². The van der Waals surface area contributed by atoms with E-state index < -0.39 is 41.9 Å². The maximum absolute atomic E-state index is 10.4. The zero-order valence-corrected chi connectivity index (χ0v) is 17.5. The van der Waals surface area contributed by atoms with Crippen LogP contribution in [0.15, 0.2) is 30.3 Å². The highest BCUT2D eigenvalue weighted by molar-refractivity contribution is 7.98. The van der Waals surface area contributed by atoms with Crippen molar-refractivity contribution in [1.29, 1.82) is 0 Å². The molecule has 0 saturated heterocycles. The first kappa shape index (κ1) is 29.5. The molecule has 1 amide bonds. The van der Waals surface area contributed by atoms with Gasteiger partial charge in [0.25, 0.3) is 0 Å². The van der Waals surface area contributed by atoms with E-state index in [0.29, 0.717) is 12.8 Å². The Morgan fingerprint density at radius 1 is 0.867 bits per heavy atom. The van der Waals surface area contributed by atoms with Crippen LogP contribution in [0.4, 0.5) is 0 Å². The third-order valence-electron chi connectivity index (χ3n) is 3.30. The van der Waals surface area contributed by atoms with E-state index in [1.54, 1.807) is 11.8 Å². The number of carboxylic acids is 3. The second kappa shape index (κ2) is 17.2. The molecule has 12 heteroatoms. The molecule has 0 aliphatic heterocycles. The number of hydrogen-bond acceptors (Lipinski definition) is 8. The summed E-state index contributed by atoms with van der Waals surface area (Å²) in [6, 6.07) is 6.70. The fourth-order valence-electron chi connectivity index (χ4n) is 1.63. The van der Waals surface area contributed by atoms with E-state index in [1.807, 2.05) is 36.6 Å². The summed E-state index contributed by atoms with van der Waals surface area (Å²) in [4.78, 5) is 40.3. The highest BCUT2D eigenvalue weighted by atomic mass is 32.2. The van der Waals surface area contributed by atoms with Gasteiger partial charge in [0.05, 0.1) is 6.42 Å². The first-order chi connectivity index (χ1) is 13.9. The lowest BCUT2D eigenvalue weighted by molar-refractivity contribution is -0.140. The highest BCUT2D eigenvalue weighted by Crippen LogP contribution is 2.01. The molecule has 170 valence electrons. The molecule has 0 heterocycles. The van der Waals surface area contributed by atoms with Gasteiger partial charge in [0.2, 0.25) is 5.91 Å². The van der Waals surface area contributed by atoms with Crippen LogP contribution in [-0.4, -0.2) is 69.3 Å². The number of carbonyl (C=O) groups excluding carboxylic acids is 1. The van der Waals surface area contributed by atoms with Gasteiger partial charge in [-0.1, -0.05) is 30.3 Å². The fourth-order valence-corrected chi connectivity index (χ4v) is 2.12. The number of nitrogens with two attached hydrogens (primary N) is 4. The molecule has 0 aromatic heterocycles. The third-order valence-corrected chi connectivity index (χ3v) is 3.95. The topological polar surface area (TPSA) is 233 Å². The van der Waals surface area contributed by atoms with Crippen LogP contribution in [0, 0.1) is 0 Å². The summed E-state index contributed by atoms with van der Waals surface area (Å²) in [5, 5.41) is 24.9. The molecule has 0 fully saturated rings. The van der Waals surface area contributed by atoms with Crippen molar-refractivity contribution in [3.05, 3.63) is 35.9 Å². The van der Waals surface area contributed by atoms with E-state index >= 15 is 0 Å². The van der Waals surface area contributed by atoms with Gasteiger partial charge in [-0.25, -0.2) is 0 Å². The van der Waals surface area contributed by atoms with E-state index in [-0.39, 0.29) is 6.42 Å². The van der Waals surface area contributed by atoms with E-state index in [1.165, 1.54) is 0 Å². The van der Waals surface area contributed by atoms with Gasteiger partial charge in [-0.05, 0) is 30.4 Å². The van der Waals surface area contributed by atoms with Crippen LogP contribution in [0.25, 0.3) is 0 Å². The van der Waals surface area contributed by atoms with Crippen LogP contribution >= 0.6 is 11.8 Å². The van der Waals surface area contributed by atoms with Crippen molar-refractivity contribution in [2.75, 3.05) is 12.0 Å². The molecule has 0 spiro atoms. The first-order valence-corrected chi connectivity index (χ1v) is 10.1. The molecule has 0 unspecified atom stereocenters. The molecular weight excluding hydrogens is 416 g/mol. The molecule has 11 nitrogen and oxygen atoms in total. The maximum atomic E-state index is 10.4. The number of aliphatic carboxylic acids is 3. The Kier molecular flexibility index (Phi) is 16.9. The molecule has 0 aliphatic carbocycles. The molecule has 11 N–H and O–H groups in total. The molecule has 1 rings (SSSR count). The SMILES string of the molecule is CSCC[C@H](N)C(=O)O.NC(=O)C[C@H](N)C(=O)O.N[C@@H](Cc1ccccc1)C(=O)O. The number of carbonyl (C=O) groups is 4. The molecule has 1 aromatic carbocycles. The van der Waals surface area contributed by atoms with E-state index in [0.717, 1.165) is 11.3 Å². The summed E-state index contributed by atoms with van der Waals surface area (Å²) < 4.78 is 0. The monoisotopic (exact) mass is 446 g/mol. The van der Waals surface area contributed by atoms with Gasteiger partial charge in [-0.15, -0.1) is 0 Å². The smallest absolute Gasteiger partial charge is 0.321 e. The van der Waals surface area contributed by atoms with Crippen LogP contribution in [-0.2, 0) is 25.6 Å². The lowest BCUT2D eigenvalue weighted by Gasteiger charge is -2.04. The van der Waals surface area contributed by atoms with E-state index in [4.69, 9.17) is 32.5 Å². The molecule has 1 aromatic rings. The van der Waals surface area contributed by atoms with Crippen molar-refractivity contribution in [1.82, 2.24) is 0 Å². The number of amides is 1. The Balaban J connectivity index is 0. The zero-order valence-electron chi connectivity index (χ0n) is 16.6. The van der Waals surface area contributed by atoms with Crippen LogP contribution in [0.2, 0.25) is 0 Å². The average Bonchev–Trinajstić information content (AvgIpc) is 2.67. The van der Waals surface area contributed by atoms with Crippen LogP contribution in [0.1, 0.15) is 18.4 Å². The van der Waals surface area contributed by atoms with Gasteiger partial charge < -0.3 is 38.3 Å². The maximum Gasteiger partial charge on any atom is 0.321 e. The van der Waals surface area contributed by atoms with Crippen molar-refractivity contribution in [3.8, 4) is 0 Å². The number of thioether (sulfide) groups is 1. The number of carboxylic acid groups (broad SMARTS) is 3. The second-order valence-electron chi connectivity index (χ2n) is 5.98. The molecule has 30 heavy (non-hydrogen) atoms. The highest BCUT2D eigenvalue weighted by Gasteiger charge is 2.13. The van der Waals surface area contributed by atoms with Gasteiger partial charge in [-0.3, -0.25) is 19.2 Å². The minimum atomic E-state index is -1.21. The summed E-state index contributed by atoms with van der Waals surface area (Å²) >= 11 is 1.60. The van der Waals surface area contributed by atoms with Gasteiger partial charge in [0, 0.05) is 0 Å². The van der Waals surface area contributed by atoms with Gasteiger partial charge in [-0.2, -0.15) is 11.8 Å². The fraction of sp³-hybridized carbons (Fsp3) is 0.444. The Labute approximate surface area is 178 Å². The van der Waals surface area contributed by atoms with Crippen molar-refractivity contribution in [2.45, 2.75) is 37.4 Å². The van der Waals surface area contributed by atoms with E-state index in [2.05, 4.69) is 5.73 Å². The molecule has 0 saturated carbocycles. The van der Waals surface area contributed by atoms with Crippen molar-refractivity contribution >= 4 is 35.6 Å². The molecular formula is C18H30N4O7S. The first-order valence-electron chi connectivity index (χ1n) is 8.68. The number of benzene rings is 1. The second-order valence-corrected chi connectivity index (χ2v) is 6.96. The summed E-state index contributed by atoms with van der Waals surface area (Å²) in [6.07, 6.45) is 2.55. The number of rotatable bonds is 10. The third kappa shape index (κ3) is 17.4. The van der Waals surface area contributed by atoms with Crippen LogP contribution < -0.4 is 22.9 Å². The molecule has 0 aliphatic rings. The normalized spacial score (nSPS) is 12.7. The summed E-state index contributed by atoms with van der Waals surface area (Å²) in [7, 11) is 0. The Morgan fingerprint density at radius 2 is 1.33 bits per heavy atom. The molecule has 0 radical (unpaired) electrons. The minimum Gasteiger partial charge on any atom is -0.480 e. The Hall–Kier alpha value is -2.67. The average molecular weight is 447 g/mol. The van der Waals surface area contributed by atoms with E-state index in [9.17, 15) is 19.2 Å². The van der Waals surface area contributed by atoms with Crippen molar-refractivity contribution < 1.29 is 34.5 Å². The van der Waals surface area contributed by atoms with Gasteiger partial charge in [0.15, 0.2) is 0 Å². The molecule has 0 bridgehead atoms. The summed E-state index contributed by atoms with van der Waals surface area (Å²) in [5.41, 5.74) is 21.1. The summed E-state index contributed by atoms with van der Waals surface area (Å²) in [5.74, 6) is -2.98. The van der Waals surface area contributed by atoms with Gasteiger partial charge in [0.1, 0.15) is 18.1 Å². The van der Waals surface area contributed by atoms with Crippen molar-refractivity contribution in [3.63, 3.8) is 0 Å². The quantitative estimate of drug-likeness (QED) is 0.232. The predicted octanol–water partition coefficient (Wildman–Crippen LogP) is -0.934. The Morgan fingerprint density at radius 3 is 1.67 bits per heavy atom. The summed E-state index contributed by atoms with van der Waals surface area (Å²) in [6.45, 7) is 0. The molecule has 3 atom stereocenters. The lowest BCUT2D eigenvalue weighted by atomic mass is 10.1. The minimum absolute atomic E-state index is 0.310. The zero-order chi connectivity index (χ0) is 23.7. The van der Waals surface area contributed by atoms with Crippen molar-refractivity contribution in [2.24, 2.45) is 22.9 Å². The lowest BCUT2D eigenvalue weighted by Crippen LogP contribution is -2.34. The number of hydrogen-bond donors (Lipinski definition) is 7. The standard InChI is InChI=1S/C9H11NO2.C5H11NO2S.C4H8N2O3/c10-8(9(11)12)6-7-4-2-1-3-5-7;1-9-3-2-4(6)5(7)8;5-2(4(8)9)1-3(6)7/h1-5,8H,6,10H2,(H,11,12);4H,2-3,6H2,1H3,(H,7,8);2H,1,5H2,(H2,6,7)(H,8,9)/t8-;4-;2-/m000/s1. The van der Waals surface area contributed by atoms with Gasteiger partial charge >= 0.3 is 17.9 Å². The van der Waals surface area contributed by atoms with Crippen LogP contribution in [0.5, 0.6) is 0 Å². The largest absolute Gasteiger partial charge is 0.480 e. The number of primary amides is 1. The predicted molar refractivity (Wildman–Crippen MR) is 114 cm³/mol. The Bertz CT molecular complexity index is 661.